The SMILES string of the molecule is CS(=O)(=O)c1cn[nH]c1C1CCN(C(=O)c2ccsc2)C1. The van der Waals surface area contributed by atoms with Gasteiger partial charge in [-0.3, -0.25) is 9.89 Å². The number of H-pyrrole nitrogens is 1. The number of sulfone groups is 1. The van der Waals surface area contributed by atoms with Crippen LogP contribution >= 0.6 is 11.3 Å². The third-order valence-corrected chi connectivity index (χ3v) is 5.49. The van der Waals surface area contributed by atoms with Gasteiger partial charge in [0.1, 0.15) is 4.90 Å². The molecule has 2 aromatic heterocycles. The van der Waals surface area contributed by atoms with E-state index in [2.05, 4.69) is 10.2 Å². The van der Waals surface area contributed by atoms with E-state index in [4.69, 9.17) is 0 Å². The maximum atomic E-state index is 12.3. The first-order chi connectivity index (χ1) is 9.97. The van der Waals surface area contributed by atoms with E-state index in [-0.39, 0.29) is 16.7 Å². The van der Waals surface area contributed by atoms with Crippen molar-refractivity contribution in [2.45, 2.75) is 17.2 Å². The van der Waals surface area contributed by atoms with E-state index in [1.807, 2.05) is 10.8 Å². The molecule has 1 atom stereocenters. The Hall–Kier alpha value is -1.67. The van der Waals surface area contributed by atoms with Crippen molar-refractivity contribution in [2.75, 3.05) is 19.3 Å². The molecule has 1 aliphatic rings. The highest BCUT2D eigenvalue weighted by Crippen LogP contribution is 2.30. The zero-order valence-corrected chi connectivity index (χ0v) is 13.1. The number of thiophene rings is 1. The van der Waals surface area contributed by atoms with Gasteiger partial charge in [-0.05, 0) is 17.9 Å². The van der Waals surface area contributed by atoms with Crippen LogP contribution in [0, 0.1) is 0 Å². The summed E-state index contributed by atoms with van der Waals surface area (Å²) in [6.45, 7) is 1.14. The molecule has 1 unspecified atom stereocenters. The number of carbonyl (C=O) groups is 1. The molecule has 2 aromatic rings. The molecule has 8 heteroatoms. The van der Waals surface area contributed by atoms with Gasteiger partial charge in [0.15, 0.2) is 9.84 Å². The molecule has 21 heavy (non-hydrogen) atoms. The predicted octanol–water partition coefficient (Wildman–Crippen LogP) is 1.50. The second kappa shape index (κ2) is 5.27. The predicted molar refractivity (Wildman–Crippen MR) is 79.3 cm³/mol. The molecule has 3 heterocycles. The summed E-state index contributed by atoms with van der Waals surface area (Å²) in [5.41, 5.74) is 1.30. The standard InChI is InChI=1S/C13H15N3O3S2/c1-21(18,19)11-6-14-15-12(11)9-2-4-16(7-9)13(17)10-3-5-20-8-10/h3,5-6,8-9H,2,4,7H2,1H3,(H,14,15). The van der Waals surface area contributed by atoms with Crippen LogP contribution < -0.4 is 0 Å². The highest BCUT2D eigenvalue weighted by atomic mass is 32.2. The number of amides is 1. The number of nitrogens with one attached hydrogen (secondary N) is 1. The highest BCUT2D eigenvalue weighted by Gasteiger charge is 2.32. The molecule has 0 saturated carbocycles. The summed E-state index contributed by atoms with van der Waals surface area (Å²) >= 11 is 1.49. The first kappa shape index (κ1) is 14.3. The number of aromatic amines is 1. The molecule has 1 saturated heterocycles. The van der Waals surface area contributed by atoms with Crippen molar-refractivity contribution in [1.82, 2.24) is 15.1 Å². The summed E-state index contributed by atoms with van der Waals surface area (Å²) in [7, 11) is -3.30. The molecule has 6 nitrogen and oxygen atoms in total. The fourth-order valence-electron chi connectivity index (χ4n) is 2.62. The van der Waals surface area contributed by atoms with Gasteiger partial charge in [-0.1, -0.05) is 0 Å². The largest absolute Gasteiger partial charge is 0.338 e. The number of nitrogens with zero attached hydrogens (tertiary/aromatic N) is 2. The van der Waals surface area contributed by atoms with Crippen LogP contribution in [0.5, 0.6) is 0 Å². The number of hydrogen-bond donors (Lipinski definition) is 1. The maximum Gasteiger partial charge on any atom is 0.254 e. The quantitative estimate of drug-likeness (QED) is 0.927. The van der Waals surface area contributed by atoms with Gasteiger partial charge in [-0.15, -0.1) is 0 Å². The minimum absolute atomic E-state index is 0.000768. The second-order valence-corrected chi connectivity index (χ2v) is 7.93. The van der Waals surface area contributed by atoms with Gasteiger partial charge in [0.05, 0.1) is 17.5 Å². The lowest BCUT2D eigenvalue weighted by Crippen LogP contribution is -2.28. The Kier molecular flexibility index (Phi) is 3.58. The van der Waals surface area contributed by atoms with Crippen molar-refractivity contribution in [3.05, 3.63) is 34.3 Å². The maximum absolute atomic E-state index is 12.3. The van der Waals surface area contributed by atoms with E-state index in [0.29, 0.717) is 24.3 Å². The molecule has 1 fully saturated rings. The molecule has 3 rings (SSSR count). The molecule has 0 bridgehead atoms. The summed E-state index contributed by atoms with van der Waals surface area (Å²) in [6, 6.07) is 1.80. The van der Waals surface area contributed by atoms with Gasteiger partial charge in [0.2, 0.25) is 0 Å². The lowest BCUT2D eigenvalue weighted by molar-refractivity contribution is 0.0791. The van der Waals surface area contributed by atoms with E-state index in [1.165, 1.54) is 23.8 Å². The smallest absolute Gasteiger partial charge is 0.254 e. The molecule has 0 radical (unpaired) electrons. The number of likely N-dealkylation sites (tertiary alicyclic amines) is 1. The minimum atomic E-state index is -3.30. The first-order valence-electron chi connectivity index (χ1n) is 6.51. The average Bonchev–Trinajstić information content (AvgIpc) is 3.16. The second-order valence-electron chi connectivity index (χ2n) is 5.17. The first-order valence-corrected chi connectivity index (χ1v) is 9.35. The van der Waals surface area contributed by atoms with E-state index in [9.17, 15) is 13.2 Å². The fraction of sp³-hybridized carbons (Fsp3) is 0.385. The van der Waals surface area contributed by atoms with E-state index < -0.39 is 9.84 Å². The molecule has 112 valence electrons. The monoisotopic (exact) mass is 325 g/mol. The van der Waals surface area contributed by atoms with Crippen molar-refractivity contribution < 1.29 is 13.2 Å². The van der Waals surface area contributed by atoms with E-state index in [1.54, 1.807) is 11.0 Å². The third-order valence-electron chi connectivity index (χ3n) is 3.68. The molecule has 0 aromatic carbocycles. The Balaban J connectivity index is 1.79. The summed E-state index contributed by atoms with van der Waals surface area (Å²) in [6.07, 6.45) is 3.25. The third kappa shape index (κ3) is 2.73. The molecule has 1 amide bonds. The van der Waals surface area contributed by atoms with Gasteiger partial charge in [0.25, 0.3) is 5.91 Å². The van der Waals surface area contributed by atoms with Crippen molar-refractivity contribution in [2.24, 2.45) is 0 Å². The lowest BCUT2D eigenvalue weighted by atomic mass is 10.1. The van der Waals surface area contributed by atoms with Crippen LogP contribution in [0.25, 0.3) is 0 Å². The van der Waals surface area contributed by atoms with E-state index >= 15 is 0 Å². The number of rotatable bonds is 3. The van der Waals surface area contributed by atoms with Gasteiger partial charge in [-0.2, -0.15) is 16.4 Å². The van der Waals surface area contributed by atoms with Crippen molar-refractivity contribution in [3.8, 4) is 0 Å². The molecular weight excluding hydrogens is 310 g/mol. The van der Waals surface area contributed by atoms with Crippen LogP contribution in [0.4, 0.5) is 0 Å². The normalized spacial score (nSPS) is 19.1. The molecule has 0 aliphatic carbocycles. The Labute approximate surface area is 126 Å². The molecule has 0 spiro atoms. The van der Waals surface area contributed by atoms with Gasteiger partial charge in [0, 0.05) is 30.6 Å². The summed E-state index contributed by atoms with van der Waals surface area (Å²) in [5, 5.41) is 10.3. The van der Waals surface area contributed by atoms with Crippen molar-refractivity contribution in [3.63, 3.8) is 0 Å². The van der Waals surface area contributed by atoms with Crippen LogP contribution in [0.2, 0.25) is 0 Å². The zero-order valence-electron chi connectivity index (χ0n) is 11.4. The van der Waals surface area contributed by atoms with Crippen LogP contribution in [0.3, 0.4) is 0 Å². The Bertz CT molecular complexity index is 749. The number of carbonyl (C=O) groups excluding carboxylic acids is 1. The van der Waals surface area contributed by atoms with Crippen LogP contribution in [0.1, 0.15) is 28.4 Å². The topological polar surface area (TPSA) is 83.1 Å². The lowest BCUT2D eigenvalue weighted by Gasteiger charge is -2.15. The summed E-state index contributed by atoms with van der Waals surface area (Å²) < 4.78 is 23.5. The Morgan fingerprint density at radius 3 is 3.00 bits per heavy atom. The minimum Gasteiger partial charge on any atom is -0.338 e. The van der Waals surface area contributed by atoms with Crippen LogP contribution in [0.15, 0.2) is 27.9 Å². The van der Waals surface area contributed by atoms with Gasteiger partial charge < -0.3 is 4.90 Å². The van der Waals surface area contributed by atoms with E-state index in [0.717, 1.165) is 6.42 Å². The van der Waals surface area contributed by atoms with Crippen molar-refractivity contribution in [1.29, 1.82) is 0 Å². The number of hydrogen-bond acceptors (Lipinski definition) is 5. The number of aromatic nitrogens is 2. The highest BCUT2D eigenvalue weighted by molar-refractivity contribution is 7.90. The average molecular weight is 325 g/mol. The zero-order chi connectivity index (χ0) is 15.0. The van der Waals surface area contributed by atoms with Gasteiger partial charge >= 0.3 is 0 Å². The molecule has 1 N–H and O–H groups in total. The van der Waals surface area contributed by atoms with Crippen LogP contribution in [-0.4, -0.2) is 48.8 Å². The van der Waals surface area contributed by atoms with Crippen LogP contribution in [-0.2, 0) is 9.84 Å². The fourth-order valence-corrected chi connectivity index (χ4v) is 4.11. The molecule has 1 aliphatic heterocycles. The summed E-state index contributed by atoms with van der Waals surface area (Å²) in [4.78, 5) is 14.3. The Morgan fingerprint density at radius 1 is 1.52 bits per heavy atom. The Morgan fingerprint density at radius 2 is 2.33 bits per heavy atom. The van der Waals surface area contributed by atoms with Crippen molar-refractivity contribution >= 4 is 27.1 Å². The summed E-state index contributed by atoms with van der Waals surface area (Å²) in [5.74, 6) is -0.0148. The molecular formula is C13H15N3O3S2. The van der Waals surface area contributed by atoms with Gasteiger partial charge in [-0.25, -0.2) is 8.42 Å².